The van der Waals surface area contributed by atoms with Crippen molar-refractivity contribution < 1.29 is 4.79 Å². The first-order valence-corrected chi connectivity index (χ1v) is 7.23. The van der Waals surface area contributed by atoms with E-state index in [2.05, 4.69) is 22.1 Å². The average Bonchev–Trinajstić information content (AvgIpc) is 2.47. The van der Waals surface area contributed by atoms with E-state index < -0.39 is 0 Å². The number of unbranched alkanes of at least 4 members (excludes halogenated alkanes) is 1. The molecule has 4 heteroatoms. The highest BCUT2D eigenvalue weighted by Gasteiger charge is 2.20. The number of nitrogens with zero attached hydrogens (tertiary/aromatic N) is 2. The van der Waals surface area contributed by atoms with Crippen molar-refractivity contribution in [3.8, 4) is 0 Å². The molecule has 0 aliphatic carbocycles. The monoisotopic (exact) mass is 261 g/mol. The Kier molecular flexibility index (Phi) is 5.33. The topological polar surface area (TPSA) is 45.2 Å². The van der Waals surface area contributed by atoms with Crippen LogP contribution in [0.5, 0.6) is 0 Å². The van der Waals surface area contributed by atoms with Crippen molar-refractivity contribution in [2.75, 3.05) is 19.6 Å². The highest BCUT2D eigenvalue weighted by molar-refractivity contribution is 5.94. The van der Waals surface area contributed by atoms with Crippen LogP contribution in [0.2, 0.25) is 0 Å². The zero-order valence-electron chi connectivity index (χ0n) is 11.6. The van der Waals surface area contributed by atoms with Gasteiger partial charge in [0.15, 0.2) is 0 Å². The first kappa shape index (κ1) is 14.0. The lowest BCUT2D eigenvalue weighted by Gasteiger charge is -2.32. The maximum Gasteiger partial charge on any atom is 0.251 e. The van der Waals surface area contributed by atoms with E-state index in [1.54, 1.807) is 24.5 Å². The van der Waals surface area contributed by atoms with Crippen LogP contribution in [0.4, 0.5) is 0 Å². The molecule has 4 nitrogen and oxygen atoms in total. The zero-order valence-corrected chi connectivity index (χ0v) is 11.6. The molecule has 0 saturated carbocycles. The third-order valence-electron chi connectivity index (χ3n) is 3.69. The number of carbonyl (C=O) groups is 1. The van der Waals surface area contributed by atoms with Gasteiger partial charge in [0.05, 0.1) is 0 Å². The van der Waals surface area contributed by atoms with Gasteiger partial charge in [-0.15, -0.1) is 0 Å². The molecule has 1 N–H and O–H groups in total. The number of hydrogen-bond donors (Lipinski definition) is 1. The van der Waals surface area contributed by atoms with E-state index in [0.717, 1.165) is 25.9 Å². The Bertz CT molecular complexity index is 386. The molecule has 1 amide bonds. The van der Waals surface area contributed by atoms with Gasteiger partial charge in [-0.05, 0) is 37.9 Å². The summed E-state index contributed by atoms with van der Waals surface area (Å²) in [4.78, 5) is 18.4. The Morgan fingerprint density at radius 2 is 2.05 bits per heavy atom. The van der Waals surface area contributed by atoms with Crippen molar-refractivity contribution in [3.05, 3.63) is 30.1 Å². The van der Waals surface area contributed by atoms with Gasteiger partial charge in [0, 0.05) is 37.1 Å². The molecule has 1 aromatic rings. The largest absolute Gasteiger partial charge is 0.349 e. The second kappa shape index (κ2) is 7.24. The number of amides is 1. The third-order valence-corrected chi connectivity index (χ3v) is 3.69. The molecule has 19 heavy (non-hydrogen) atoms. The number of likely N-dealkylation sites (tertiary alicyclic amines) is 1. The molecular weight excluding hydrogens is 238 g/mol. The van der Waals surface area contributed by atoms with Gasteiger partial charge < -0.3 is 10.2 Å². The van der Waals surface area contributed by atoms with Gasteiger partial charge in [0.1, 0.15) is 0 Å². The predicted molar refractivity (Wildman–Crippen MR) is 76.1 cm³/mol. The molecule has 1 fully saturated rings. The van der Waals surface area contributed by atoms with Crippen LogP contribution >= 0.6 is 0 Å². The summed E-state index contributed by atoms with van der Waals surface area (Å²) in [5, 5.41) is 3.12. The number of aromatic nitrogens is 1. The van der Waals surface area contributed by atoms with Gasteiger partial charge in [0.2, 0.25) is 0 Å². The lowest BCUT2D eigenvalue weighted by atomic mass is 10.0. The third kappa shape index (κ3) is 4.31. The van der Waals surface area contributed by atoms with Crippen LogP contribution in [0, 0.1) is 0 Å². The highest BCUT2D eigenvalue weighted by atomic mass is 16.1. The number of nitrogens with one attached hydrogen (secondary N) is 1. The fourth-order valence-electron chi connectivity index (χ4n) is 2.45. The molecule has 2 rings (SSSR count). The number of piperidine rings is 1. The van der Waals surface area contributed by atoms with Crippen LogP contribution in [-0.2, 0) is 0 Å². The van der Waals surface area contributed by atoms with Crippen LogP contribution in [0.3, 0.4) is 0 Å². The summed E-state index contributed by atoms with van der Waals surface area (Å²) >= 11 is 0. The fourth-order valence-corrected chi connectivity index (χ4v) is 2.45. The predicted octanol–water partition coefficient (Wildman–Crippen LogP) is 2.08. The minimum Gasteiger partial charge on any atom is -0.349 e. The summed E-state index contributed by atoms with van der Waals surface area (Å²) in [5.41, 5.74) is 0.698. The van der Waals surface area contributed by atoms with Crippen LogP contribution in [0.1, 0.15) is 43.0 Å². The van der Waals surface area contributed by atoms with Gasteiger partial charge >= 0.3 is 0 Å². The molecule has 2 heterocycles. The van der Waals surface area contributed by atoms with E-state index in [4.69, 9.17) is 0 Å². The zero-order chi connectivity index (χ0) is 13.5. The van der Waals surface area contributed by atoms with Crippen molar-refractivity contribution in [2.45, 2.75) is 38.6 Å². The molecule has 0 atom stereocenters. The Hall–Kier alpha value is -1.42. The van der Waals surface area contributed by atoms with E-state index in [-0.39, 0.29) is 5.91 Å². The van der Waals surface area contributed by atoms with Crippen LogP contribution in [-0.4, -0.2) is 41.5 Å². The fraction of sp³-hybridized carbons (Fsp3) is 0.600. The summed E-state index contributed by atoms with van der Waals surface area (Å²) in [5.74, 6) is 0.0226. The summed E-state index contributed by atoms with van der Waals surface area (Å²) in [6.45, 7) is 5.62. The van der Waals surface area contributed by atoms with Crippen molar-refractivity contribution in [1.82, 2.24) is 15.2 Å². The van der Waals surface area contributed by atoms with Gasteiger partial charge in [-0.1, -0.05) is 13.3 Å². The highest BCUT2D eigenvalue weighted by Crippen LogP contribution is 2.11. The summed E-state index contributed by atoms with van der Waals surface area (Å²) in [6.07, 6.45) is 7.94. The second-order valence-corrected chi connectivity index (χ2v) is 5.18. The molecule has 0 aromatic carbocycles. The first-order valence-electron chi connectivity index (χ1n) is 7.23. The lowest BCUT2D eigenvalue weighted by molar-refractivity contribution is 0.0910. The van der Waals surface area contributed by atoms with E-state index in [9.17, 15) is 4.79 Å². The number of rotatable bonds is 5. The van der Waals surface area contributed by atoms with Crippen LogP contribution in [0.15, 0.2) is 24.5 Å². The Balaban J connectivity index is 1.75. The molecule has 0 spiro atoms. The molecule has 104 valence electrons. The minimum atomic E-state index is 0.0226. The van der Waals surface area contributed by atoms with E-state index >= 15 is 0 Å². The van der Waals surface area contributed by atoms with Crippen LogP contribution in [0.25, 0.3) is 0 Å². The normalized spacial score (nSPS) is 17.3. The first-order chi connectivity index (χ1) is 9.29. The van der Waals surface area contributed by atoms with E-state index in [1.807, 2.05) is 0 Å². The van der Waals surface area contributed by atoms with Crippen LogP contribution < -0.4 is 5.32 Å². The second-order valence-electron chi connectivity index (χ2n) is 5.18. The molecular formula is C15H23N3O. The minimum absolute atomic E-state index is 0.0226. The number of pyridine rings is 1. The lowest BCUT2D eigenvalue weighted by Crippen LogP contribution is -2.44. The molecule has 0 bridgehead atoms. The number of carbonyl (C=O) groups excluding carboxylic acids is 1. The van der Waals surface area contributed by atoms with Gasteiger partial charge in [0.25, 0.3) is 5.91 Å². The number of hydrogen-bond acceptors (Lipinski definition) is 3. The summed E-state index contributed by atoms with van der Waals surface area (Å²) in [7, 11) is 0. The van der Waals surface area contributed by atoms with Crippen molar-refractivity contribution in [1.29, 1.82) is 0 Å². The standard InChI is InChI=1S/C15H23N3O/c1-2-3-10-18-11-6-14(7-12-18)17-15(19)13-4-8-16-9-5-13/h4-5,8-9,14H,2-3,6-7,10-12H2,1H3,(H,17,19). The van der Waals surface area contributed by atoms with Gasteiger partial charge in [-0.25, -0.2) is 0 Å². The maximum atomic E-state index is 12.0. The molecule has 1 aliphatic rings. The van der Waals surface area contributed by atoms with E-state index in [0.29, 0.717) is 11.6 Å². The van der Waals surface area contributed by atoms with Crippen molar-refractivity contribution in [2.24, 2.45) is 0 Å². The van der Waals surface area contributed by atoms with Crippen molar-refractivity contribution in [3.63, 3.8) is 0 Å². The summed E-state index contributed by atoms with van der Waals surface area (Å²) in [6, 6.07) is 3.83. The molecule has 0 radical (unpaired) electrons. The van der Waals surface area contributed by atoms with Gasteiger partial charge in [-0.3, -0.25) is 9.78 Å². The average molecular weight is 261 g/mol. The van der Waals surface area contributed by atoms with Crippen molar-refractivity contribution >= 4 is 5.91 Å². The molecule has 1 saturated heterocycles. The Labute approximate surface area is 115 Å². The van der Waals surface area contributed by atoms with Gasteiger partial charge in [-0.2, -0.15) is 0 Å². The molecule has 1 aliphatic heterocycles. The SMILES string of the molecule is CCCCN1CCC(NC(=O)c2ccncc2)CC1. The Morgan fingerprint density at radius 3 is 2.68 bits per heavy atom. The smallest absolute Gasteiger partial charge is 0.251 e. The summed E-state index contributed by atoms with van der Waals surface area (Å²) < 4.78 is 0. The molecule has 1 aromatic heterocycles. The Morgan fingerprint density at radius 1 is 1.37 bits per heavy atom. The quantitative estimate of drug-likeness (QED) is 0.882. The molecule has 0 unspecified atom stereocenters. The van der Waals surface area contributed by atoms with E-state index in [1.165, 1.54) is 19.4 Å². The maximum absolute atomic E-state index is 12.0.